The van der Waals surface area contributed by atoms with Crippen molar-refractivity contribution in [3.8, 4) is 22.6 Å². The smallest absolute Gasteiger partial charge is 0.343 e. The Bertz CT molecular complexity index is 1770. The molecule has 0 saturated carbocycles. The number of aromatic nitrogens is 1. The van der Waals surface area contributed by atoms with Gasteiger partial charge >= 0.3 is 5.97 Å². The quantitative estimate of drug-likeness (QED) is 0.0723. The normalized spacial score (nSPS) is 11.1. The number of amides is 1. The highest BCUT2D eigenvalue weighted by Crippen LogP contribution is 2.35. The summed E-state index contributed by atoms with van der Waals surface area (Å²) in [6, 6.07) is 25.7. The molecule has 0 aliphatic heterocycles. The number of halogens is 3. The molecule has 0 aliphatic carbocycles. The number of ether oxygens (including phenoxy) is 2. The van der Waals surface area contributed by atoms with Gasteiger partial charge in [0.25, 0.3) is 5.91 Å². The molecule has 41 heavy (non-hydrogen) atoms. The van der Waals surface area contributed by atoms with E-state index >= 15 is 0 Å². The van der Waals surface area contributed by atoms with E-state index in [1.54, 1.807) is 36.4 Å². The summed E-state index contributed by atoms with van der Waals surface area (Å²) >= 11 is 10.3. The van der Waals surface area contributed by atoms with Crippen molar-refractivity contribution < 1.29 is 19.1 Å². The van der Waals surface area contributed by atoms with Crippen LogP contribution in [0.4, 0.5) is 0 Å². The molecule has 4 aromatic carbocycles. The van der Waals surface area contributed by atoms with Crippen molar-refractivity contribution in [3.63, 3.8) is 0 Å². The van der Waals surface area contributed by atoms with Crippen molar-refractivity contribution in [3.05, 3.63) is 115 Å². The minimum atomic E-state index is -0.531. The van der Waals surface area contributed by atoms with Crippen LogP contribution in [-0.2, 0) is 0 Å². The number of esters is 1. The maximum Gasteiger partial charge on any atom is 0.343 e. The molecule has 0 atom stereocenters. The van der Waals surface area contributed by atoms with Gasteiger partial charge in [-0.1, -0.05) is 62.2 Å². The molecule has 0 saturated heterocycles. The summed E-state index contributed by atoms with van der Waals surface area (Å²) in [5.74, 6) is 0.0118. The summed E-state index contributed by atoms with van der Waals surface area (Å²) in [5.41, 5.74) is 6.23. The Hall–Kier alpha value is -3.73. The molecule has 10 heteroatoms. The van der Waals surface area contributed by atoms with Crippen molar-refractivity contribution in [2.24, 2.45) is 5.10 Å². The van der Waals surface area contributed by atoms with E-state index in [9.17, 15) is 9.59 Å². The van der Waals surface area contributed by atoms with Gasteiger partial charge in [0.1, 0.15) is 11.4 Å². The summed E-state index contributed by atoms with van der Waals surface area (Å²) in [6.07, 6.45) is 1.43. The lowest BCUT2D eigenvalue weighted by Gasteiger charge is -2.11. The number of nitrogens with zero attached hydrogens (tertiary/aromatic N) is 1. The second kappa shape index (κ2) is 12.8. The van der Waals surface area contributed by atoms with Crippen LogP contribution >= 0.6 is 47.8 Å². The van der Waals surface area contributed by atoms with E-state index in [2.05, 4.69) is 63.3 Å². The Kier molecular flexibility index (Phi) is 9.02. The van der Waals surface area contributed by atoms with Gasteiger partial charge in [0.15, 0.2) is 5.75 Å². The highest BCUT2D eigenvalue weighted by atomic mass is 79.9. The topological polar surface area (TPSA) is 92.8 Å². The van der Waals surface area contributed by atoms with E-state index in [1.165, 1.54) is 6.21 Å². The first-order chi connectivity index (χ1) is 19.8. The number of rotatable bonds is 8. The van der Waals surface area contributed by atoms with Crippen molar-refractivity contribution in [1.29, 1.82) is 0 Å². The second-order valence-corrected chi connectivity index (χ2v) is 11.5. The molecule has 5 aromatic rings. The number of hydrazone groups is 1. The van der Waals surface area contributed by atoms with Crippen LogP contribution in [0, 0.1) is 0 Å². The van der Waals surface area contributed by atoms with Crippen LogP contribution in [0.2, 0.25) is 0 Å². The SMILES string of the molecule is CCOc1ccc2[nH]c(C(=O)NN=Cc3cc(Br)cc(Br)c3OC(=O)c3ccc(Br)cc3)c(-c3ccccc3)c2c1. The fraction of sp³-hybridized carbons (Fsp3) is 0.0645. The molecule has 0 spiro atoms. The highest BCUT2D eigenvalue weighted by Gasteiger charge is 2.20. The van der Waals surface area contributed by atoms with Gasteiger partial charge in [-0.3, -0.25) is 4.79 Å². The standard InChI is InChI=1S/C31H22Br3N3O4/c1-2-40-23-12-13-26-24(16-23)27(18-6-4-3-5-7-18)28(36-26)30(38)37-35-17-20-14-22(33)15-25(34)29(20)41-31(39)19-8-10-21(32)11-9-19/h3-17,36H,2H2,1H3,(H,37,38). The molecule has 0 radical (unpaired) electrons. The van der Waals surface area contributed by atoms with Crippen molar-refractivity contribution in [2.75, 3.05) is 6.61 Å². The molecular weight excluding hydrogens is 718 g/mol. The predicted molar refractivity (Wildman–Crippen MR) is 171 cm³/mol. The number of fused-ring (bicyclic) bond motifs is 1. The summed E-state index contributed by atoms with van der Waals surface area (Å²) in [7, 11) is 0. The van der Waals surface area contributed by atoms with Gasteiger partial charge in [0.2, 0.25) is 0 Å². The average molecular weight is 740 g/mol. The number of benzene rings is 4. The zero-order chi connectivity index (χ0) is 28.9. The number of carbonyl (C=O) groups excluding carboxylic acids is 2. The van der Waals surface area contributed by atoms with Crippen molar-refractivity contribution >= 4 is 76.8 Å². The number of aromatic amines is 1. The summed E-state index contributed by atoms with van der Waals surface area (Å²) in [4.78, 5) is 29.5. The lowest BCUT2D eigenvalue weighted by molar-refractivity contribution is 0.0732. The Morgan fingerprint density at radius 1 is 0.927 bits per heavy atom. The van der Waals surface area contributed by atoms with Gasteiger partial charge in [0, 0.05) is 31.0 Å². The Labute approximate surface area is 261 Å². The van der Waals surface area contributed by atoms with E-state index in [0.29, 0.717) is 33.6 Å². The molecular formula is C31H22Br3N3O4. The molecule has 2 N–H and O–H groups in total. The molecule has 206 valence electrons. The third-order valence-electron chi connectivity index (χ3n) is 6.05. The Balaban J connectivity index is 1.44. The molecule has 1 amide bonds. The third-order valence-corrected chi connectivity index (χ3v) is 7.63. The van der Waals surface area contributed by atoms with Crippen LogP contribution in [0.3, 0.4) is 0 Å². The lowest BCUT2D eigenvalue weighted by Crippen LogP contribution is -2.19. The van der Waals surface area contributed by atoms with Crippen LogP contribution in [0.1, 0.15) is 33.3 Å². The van der Waals surface area contributed by atoms with Gasteiger partial charge in [-0.25, -0.2) is 10.2 Å². The summed E-state index contributed by atoms with van der Waals surface area (Å²) < 4.78 is 13.5. The summed E-state index contributed by atoms with van der Waals surface area (Å²) in [5, 5.41) is 5.05. The Morgan fingerprint density at radius 2 is 1.68 bits per heavy atom. The number of H-pyrrole nitrogens is 1. The molecule has 0 fully saturated rings. The van der Waals surface area contributed by atoms with E-state index < -0.39 is 11.9 Å². The van der Waals surface area contributed by atoms with Gasteiger partial charge < -0.3 is 14.5 Å². The van der Waals surface area contributed by atoms with E-state index in [1.807, 2.05) is 55.5 Å². The van der Waals surface area contributed by atoms with Crippen LogP contribution < -0.4 is 14.9 Å². The van der Waals surface area contributed by atoms with E-state index in [0.717, 1.165) is 31.0 Å². The number of hydrogen-bond donors (Lipinski definition) is 2. The van der Waals surface area contributed by atoms with Crippen LogP contribution in [0.5, 0.6) is 11.5 Å². The maximum absolute atomic E-state index is 13.4. The van der Waals surface area contributed by atoms with Crippen molar-refractivity contribution in [2.45, 2.75) is 6.92 Å². The lowest BCUT2D eigenvalue weighted by atomic mass is 10.0. The number of carbonyl (C=O) groups is 2. The van der Waals surface area contributed by atoms with Gasteiger partial charge in [0.05, 0.1) is 22.9 Å². The third kappa shape index (κ3) is 6.61. The maximum atomic E-state index is 13.4. The zero-order valence-corrected chi connectivity index (χ0v) is 26.3. The fourth-order valence-corrected chi connectivity index (χ4v) is 5.84. The van der Waals surface area contributed by atoms with Gasteiger partial charge in [-0.05, 0) is 83.0 Å². The first kappa shape index (κ1) is 28.8. The fourth-order valence-electron chi connectivity index (χ4n) is 4.24. The van der Waals surface area contributed by atoms with E-state index in [4.69, 9.17) is 9.47 Å². The van der Waals surface area contributed by atoms with Gasteiger partial charge in [-0.15, -0.1) is 0 Å². The predicted octanol–water partition coefficient (Wildman–Crippen LogP) is 8.50. The average Bonchev–Trinajstić information content (AvgIpc) is 3.34. The first-order valence-corrected chi connectivity index (χ1v) is 14.9. The molecule has 1 heterocycles. The molecule has 1 aromatic heterocycles. The largest absolute Gasteiger partial charge is 0.494 e. The minimum absolute atomic E-state index is 0.262. The monoisotopic (exact) mass is 737 g/mol. The van der Waals surface area contributed by atoms with Crippen LogP contribution in [0.25, 0.3) is 22.0 Å². The van der Waals surface area contributed by atoms with Crippen LogP contribution in [0.15, 0.2) is 103 Å². The van der Waals surface area contributed by atoms with E-state index in [-0.39, 0.29) is 5.75 Å². The second-order valence-electron chi connectivity index (χ2n) is 8.78. The van der Waals surface area contributed by atoms with Crippen LogP contribution in [-0.4, -0.2) is 29.7 Å². The molecule has 5 rings (SSSR count). The minimum Gasteiger partial charge on any atom is -0.494 e. The van der Waals surface area contributed by atoms with Crippen molar-refractivity contribution in [1.82, 2.24) is 10.4 Å². The highest BCUT2D eigenvalue weighted by molar-refractivity contribution is 9.11. The Morgan fingerprint density at radius 3 is 2.41 bits per heavy atom. The molecule has 0 bridgehead atoms. The zero-order valence-electron chi connectivity index (χ0n) is 21.6. The first-order valence-electron chi connectivity index (χ1n) is 12.5. The number of nitrogens with one attached hydrogen (secondary N) is 2. The molecule has 0 unspecified atom stereocenters. The molecule has 0 aliphatic rings. The van der Waals surface area contributed by atoms with Gasteiger partial charge in [-0.2, -0.15) is 5.10 Å². The summed E-state index contributed by atoms with van der Waals surface area (Å²) in [6.45, 7) is 2.46. The molecule has 7 nitrogen and oxygen atoms in total. The number of hydrogen-bond acceptors (Lipinski definition) is 5.